The third-order valence-electron chi connectivity index (χ3n) is 3.14. The first-order valence-corrected chi connectivity index (χ1v) is 6.80. The molecule has 0 aromatic carbocycles. The van der Waals surface area contributed by atoms with E-state index in [2.05, 4.69) is 16.0 Å². The monoisotopic (exact) mass is 255 g/mol. The fourth-order valence-electron chi connectivity index (χ4n) is 2.17. The number of piperazine rings is 1. The van der Waals surface area contributed by atoms with Crippen molar-refractivity contribution in [3.8, 4) is 0 Å². The number of unbranched alkanes of at least 4 members (excludes halogenated alkanes) is 1. The highest BCUT2D eigenvalue weighted by molar-refractivity contribution is 5.96. The maximum Gasteiger partial charge on any atom is 0.243 e. The summed E-state index contributed by atoms with van der Waals surface area (Å²) in [4.78, 5) is 23.7. The van der Waals surface area contributed by atoms with Crippen LogP contribution < -0.4 is 16.0 Å². The number of nitrogens with one attached hydrogen (secondary N) is 3. The smallest absolute Gasteiger partial charge is 0.243 e. The van der Waals surface area contributed by atoms with E-state index in [-0.39, 0.29) is 23.9 Å². The minimum Gasteiger partial charge on any atom is -0.343 e. The lowest BCUT2D eigenvalue weighted by molar-refractivity contribution is -0.137. The van der Waals surface area contributed by atoms with Crippen molar-refractivity contribution >= 4 is 11.8 Å². The second-order valence-corrected chi connectivity index (χ2v) is 5.35. The van der Waals surface area contributed by atoms with Gasteiger partial charge in [-0.3, -0.25) is 9.59 Å². The van der Waals surface area contributed by atoms with Crippen molar-refractivity contribution < 1.29 is 9.59 Å². The van der Waals surface area contributed by atoms with Crippen LogP contribution in [0.15, 0.2) is 0 Å². The third kappa shape index (κ3) is 4.64. The van der Waals surface area contributed by atoms with Crippen LogP contribution in [0, 0.1) is 5.92 Å². The molecule has 0 saturated carbocycles. The van der Waals surface area contributed by atoms with Crippen molar-refractivity contribution in [2.75, 3.05) is 13.6 Å². The lowest BCUT2D eigenvalue weighted by Gasteiger charge is -2.30. The van der Waals surface area contributed by atoms with Gasteiger partial charge in [0.15, 0.2) is 0 Å². The van der Waals surface area contributed by atoms with Crippen LogP contribution in [-0.2, 0) is 9.59 Å². The molecular weight excluding hydrogens is 230 g/mol. The third-order valence-corrected chi connectivity index (χ3v) is 3.14. The topological polar surface area (TPSA) is 70.2 Å². The number of carbonyl (C=O) groups excluding carboxylic acids is 2. The molecule has 5 heteroatoms. The standard InChI is InChI=1S/C13H25N3O2/c1-9(2)8-11-13(18)15-10(12(17)16-11)6-4-5-7-14-3/h9-11,14H,4-8H2,1-3H3,(H,15,18)(H,16,17). The summed E-state index contributed by atoms with van der Waals surface area (Å²) in [5, 5.41) is 8.72. The first kappa shape index (κ1) is 15.0. The number of hydrogen-bond donors (Lipinski definition) is 3. The number of rotatable bonds is 7. The highest BCUT2D eigenvalue weighted by atomic mass is 16.2. The molecule has 0 aromatic rings. The van der Waals surface area contributed by atoms with Gasteiger partial charge in [0, 0.05) is 0 Å². The Morgan fingerprint density at radius 1 is 1.11 bits per heavy atom. The van der Waals surface area contributed by atoms with Gasteiger partial charge in [0.2, 0.25) is 11.8 Å². The van der Waals surface area contributed by atoms with E-state index in [0.29, 0.717) is 18.8 Å². The fourth-order valence-corrected chi connectivity index (χ4v) is 2.17. The largest absolute Gasteiger partial charge is 0.343 e. The van der Waals surface area contributed by atoms with E-state index in [4.69, 9.17) is 0 Å². The van der Waals surface area contributed by atoms with E-state index in [0.717, 1.165) is 19.4 Å². The van der Waals surface area contributed by atoms with E-state index in [1.54, 1.807) is 0 Å². The van der Waals surface area contributed by atoms with Crippen LogP contribution in [0.3, 0.4) is 0 Å². The molecule has 1 aliphatic heterocycles. The summed E-state index contributed by atoms with van der Waals surface area (Å²) < 4.78 is 0. The first-order valence-electron chi connectivity index (χ1n) is 6.80. The average molecular weight is 255 g/mol. The lowest BCUT2D eigenvalue weighted by Crippen LogP contribution is -2.61. The first-order chi connectivity index (χ1) is 8.54. The van der Waals surface area contributed by atoms with E-state index in [9.17, 15) is 9.59 Å². The molecule has 0 aliphatic carbocycles. The molecular formula is C13H25N3O2. The van der Waals surface area contributed by atoms with Gasteiger partial charge in [-0.15, -0.1) is 0 Å². The van der Waals surface area contributed by atoms with Gasteiger partial charge >= 0.3 is 0 Å². The van der Waals surface area contributed by atoms with Crippen LogP contribution in [0.1, 0.15) is 39.5 Å². The molecule has 5 nitrogen and oxygen atoms in total. The molecule has 0 spiro atoms. The van der Waals surface area contributed by atoms with Gasteiger partial charge < -0.3 is 16.0 Å². The van der Waals surface area contributed by atoms with Crippen LogP contribution in [0.5, 0.6) is 0 Å². The summed E-state index contributed by atoms with van der Waals surface area (Å²) in [6.45, 7) is 5.03. The highest BCUT2D eigenvalue weighted by Gasteiger charge is 2.33. The summed E-state index contributed by atoms with van der Waals surface area (Å²) in [5.41, 5.74) is 0. The Hall–Kier alpha value is -1.10. The Labute approximate surface area is 109 Å². The quantitative estimate of drug-likeness (QED) is 0.577. The molecule has 2 unspecified atom stereocenters. The Balaban J connectivity index is 2.37. The zero-order valence-corrected chi connectivity index (χ0v) is 11.6. The SMILES string of the molecule is CNCCCCC1NC(=O)C(CC(C)C)NC1=O. The van der Waals surface area contributed by atoms with Crippen molar-refractivity contribution in [1.82, 2.24) is 16.0 Å². The van der Waals surface area contributed by atoms with Gasteiger partial charge in [-0.1, -0.05) is 13.8 Å². The van der Waals surface area contributed by atoms with Crippen molar-refractivity contribution in [3.63, 3.8) is 0 Å². The Morgan fingerprint density at radius 3 is 2.33 bits per heavy atom. The average Bonchev–Trinajstić information content (AvgIpc) is 2.29. The van der Waals surface area contributed by atoms with E-state index in [1.807, 2.05) is 20.9 Å². The lowest BCUT2D eigenvalue weighted by atomic mass is 9.98. The summed E-state index contributed by atoms with van der Waals surface area (Å²) >= 11 is 0. The van der Waals surface area contributed by atoms with E-state index >= 15 is 0 Å². The molecule has 2 atom stereocenters. The zero-order chi connectivity index (χ0) is 13.5. The summed E-state index contributed by atoms with van der Waals surface area (Å²) in [7, 11) is 1.91. The molecule has 3 N–H and O–H groups in total. The van der Waals surface area contributed by atoms with Crippen molar-refractivity contribution in [1.29, 1.82) is 0 Å². The van der Waals surface area contributed by atoms with Gasteiger partial charge in [-0.05, 0) is 45.2 Å². The van der Waals surface area contributed by atoms with Gasteiger partial charge in [0.25, 0.3) is 0 Å². The van der Waals surface area contributed by atoms with Crippen LogP contribution in [-0.4, -0.2) is 37.5 Å². The zero-order valence-electron chi connectivity index (χ0n) is 11.6. The Bertz CT molecular complexity index is 292. The molecule has 1 heterocycles. The maximum atomic E-state index is 11.9. The van der Waals surface area contributed by atoms with Crippen LogP contribution in [0.2, 0.25) is 0 Å². The number of carbonyl (C=O) groups is 2. The molecule has 0 aromatic heterocycles. The van der Waals surface area contributed by atoms with E-state index in [1.165, 1.54) is 0 Å². The Morgan fingerprint density at radius 2 is 1.72 bits per heavy atom. The van der Waals surface area contributed by atoms with Gasteiger partial charge in [-0.2, -0.15) is 0 Å². The van der Waals surface area contributed by atoms with Crippen molar-refractivity contribution in [3.05, 3.63) is 0 Å². The minimum absolute atomic E-state index is 0.0373. The second-order valence-electron chi connectivity index (χ2n) is 5.35. The maximum absolute atomic E-state index is 11.9. The van der Waals surface area contributed by atoms with Crippen molar-refractivity contribution in [2.24, 2.45) is 5.92 Å². The molecule has 1 rings (SSSR count). The van der Waals surface area contributed by atoms with Gasteiger partial charge in [0.1, 0.15) is 12.1 Å². The molecule has 18 heavy (non-hydrogen) atoms. The number of hydrogen-bond acceptors (Lipinski definition) is 3. The molecule has 1 saturated heterocycles. The Kier molecular flexibility index (Phi) is 6.12. The predicted octanol–water partition coefficient (Wildman–Crippen LogP) is 0.405. The van der Waals surface area contributed by atoms with Gasteiger partial charge in [0.05, 0.1) is 0 Å². The van der Waals surface area contributed by atoms with Gasteiger partial charge in [-0.25, -0.2) is 0 Å². The molecule has 1 fully saturated rings. The van der Waals surface area contributed by atoms with E-state index < -0.39 is 0 Å². The van der Waals surface area contributed by atoms with Crippen molar-refractivity contribution in [2.45, 2.75) is 51.6 Å². The van der Waals surface area contributed by atoms with Crippen LogP contribution in [0.4, 0.5) is 0 Å². The van der Waals surface area contributed by atoms with Crippen LogP contribution >= 0.6 is 0 Å². The second kappa shape index (κ2) is 7.36. The summed E-state index contributed by atoms with van der Waals surface area (Å²) in [6, 6.07) is -0.705. The molecule has 0 radical (unpaired) electrons. The minimum atomic E-state index is -0.356. The summed E-state index contributed by atoms with van der Waals surface area (Å²) in [5.74, 6) is 0.319. The fraction of sp³-hybridized carbons (Fsp3) is 0.846. The van der Waals surface area contributed by atoms with Crippen LogP contribution in [0.25, 0.3) is 0 Å². The molecule has 1 aliphatic rings. The summed E-state index contributed by atoms with van der Waals surface area (Å²) in [6.07, 6.45) is 3.37. The molecule has 0 bridgehead atoms. The highest BCUT2D eigenvalue weighted by Crippen LogP contribution is 2.11. The predicted molar refractivity (Wildman–Crippen MR) is 71.1 cm³/mol. The molecule has 2 amide bonds. The number of amides is 2. The molecule has 104 valence electrons. The normalized spacial score (nSPS) is 24.0.